The molecule has 1 aromatic heterocycles. The van der Waals surface area contributed by atoms with E-state index in [1.54, 1.807) is 11.1 Å². The van der Waals surface area contributed by atoms with Crippen molar-refractivity contribution in [2.75, 3.05) is 39.3 Å². The summed E-state index contributed by atoms with van der Waals surface area (Å²) in [5.74, 6) is 0.498. The van der Waals surface area contributed by atoms with Crippen molar-refractivity contribution in [3.63, 3.8) is 0 Å². The smallest absolute Gasteiger partial charge is 0.407 e. The Bertz CT molecular complexity index is 1520. The SMILES string of the molecule is CC(CC1CCCCC1)C(=O)N1CCC(O)(Cn2cc(C(=O)N3CCN(C(=O)O)CC3)c(-c3ccccc3)cc2=O)C2(CCCCC2)C1. The lowest BCUT2D eigenvalue weighted by Gasteiger charge is -2.56. The first-order chi connectivity index (χ1) is 23.1. The largest absolute Gasteiger partial charge is 0.465 e. The highest BCUT2D eigenvalue weighted by atomic mass is 16.4. The highest BCUT2D eigenvalue weighted by molar-refractivity contribution is 6.00. The van der Waals surface area contributed by atoms with Crippen molar-refractivity contribution in [1.82, 2.24) is 19.3 Å². The van der Waals surface area contributed by atoms with E-state index in [-0.39, 0.29) is 56.0 Å². The molecular weight excluding hydrogens is 608 g/mol. The Morgan fingerprint density at radius 1 is 0.854 bits per heavy atom. The number of amides is 3. The van der Waals surface area contributed by atoms with Crippen LogP contribution in [0.4, 0.5) is 4.79 Å². The van der Waals surface area contributed by atoms with E-state index in [1.807, 2.05) is 35.2 Å². The van der Waals surface area contributed by atoms with Crippen molar-refractivity contribution in [2.45, 2.75) is 96.1 Å². The third-order valence-corrected chi connectivity index (χ3v) is 11.9. The number of pyridine rings is 1. The first-order valence-electron chi connectivity index (χ1n) is 18.2. The third-order valence-electron chi connectivity index (χ3n) is 11.9. The van der Waals surface area contributed by atoms with E-state index in [0.717, 1.165) is 44.1 Å². The van der Waals surface area contributed by atoms with Crippen LogP contribution in [0.15, 0.2) is 47.4 Å². The van der Waals surface area contributed by atoms with E-state index in [1.165, 1.54) is 47.6 Å². The predicted octanol–water partition coefficient (Wildman–Crippen LogP) is 5.47. The van der Waals surface area contributed by atoms with Gasteiger partial charge in [0.15, 0.2) is 0 Å². The van der Waals surface area contributed by atoms with E-state index >= 15 is 0 Å². The molecule has 2 atom stereocenters. The van der Waals surface area contributed by atoms with E-state index in [4.69, 9.17) is 0 Å². The van der Waals surface area contributed by atoms with Crippen LogP contribution in [-0.2, 0) is 11.3 Å². The average Bonchev–Trinajstić information content (AvgIpc) is 3.11. The number of carbonyl (C=O) groups excluding carboxylic acids is 2. The second-order valence-electron chi connectivity index (χ2n) is 15.0. The number of carboxylic acid groups (broad SMARTS) is 1. The van der Waals surface area contributed by atoms with Gasteiger partial charge in [-0.25, -0.2) is 4.79 Å². The lowest BCUT2D eigenvalue weighted by atomic mass is 9.59. The van der Waals surface area contributed by atoms with E-state index in [2.05, 4.69) is 6.92 Å². The Morgan fingerprint density at radius 3 is 2.17 bits per heavy atom. The van der Waals surface area contributed by atoms with Crippen LogP contribution < -0.4 is 5.56 Å². The van der Waals surface area contributed by atoms with Gasteiger partial charge < -0.3 is 29.5 Å². The van der Waals surface area contributed by atoms with Gasteiger partial charge in [-0.15, -0.1) is 0 Å². The van der Waals surface area contributed by atoms with E-state index in [0.29, 0.717) is 36.6 Å². The van der Waals surface area contributed by atoms with Crippen molar-refractivity contribution in [2.24, 2.45) is 17.3 Å². The maximum Gasteiger partial charge on any atom is 0.407 e. The zero-order chi connectivity index (χ0) is 33.9. The summed E-state index contributed by atoms with van der Waals surface area (Å²) in [5.41, 5.74) is -0.420. The van der Waals surface area contributed by atoms with E-state index in [9.17, 15) is 29.4 Å². The number of hydrogen-bond donors (Lipinski definition) is 2. The van der Waals surface area contributed by atoms with Gasteiger partial charge in [-0.05, 0) is 37.2 Å². The molecule has 2 unspecified atom stereocenters. The Kier molecular flexibility index (Phi) is 10.3. The van der Waals surface area contributed by atoms with Gasteiger partial charge in [-0.1, -0.05) is 88.6 Å². The minimum Gasteiger partial charge on any atom is -0.465 e. The Morgan fingerprint density at radius 2 is 1.50 bits per heavy atom. The van der Waals surface area contributed by atoms with Gasteiger partial charge in [0.1, 0.15) is 0 Å². The first-order valence-corrected chi connectivity index (χ1v) is 18.2. The summed E-state index contributed by atoms with van der Waals surface area (Å²) in [7, 11) is 0. The van der Waals surface area contributed by atoms with Crippen molar-refractivity contribution in [1.29, 1.82) is 0 Å². The molecule has 1 aromatic carbocycles. The molecule has 3 heterocycles. The number of aromatic nitrogens is 1. The molecule has 2 saturated carbocycles. The number of aliphatic hydroxyl groups is 1. The van der Waals surface area contributed by atoms with Gasteiger partial charge in [0.05, 0.1) is 17.7 Å². The fourth-order valence-electron chi connectivity index (χ4n) is 9.08. The molecule has 2 N–H and O–H groups in total. The number of piperazine rings is 1. The summed E-state index contributed by atoms with van der Waals surface area (Å²) in [6.45, 7) is 4.02. The third kappa shape index (κ3) is 7.05. The molecule has 48 heavy (non-hydrogen) atoms. The highest BCUT2D eigenvalue weighted by Crippen LogP contribution is 2.50. The number of nitrogens with zero attached hydrogens (tertiary/aromatic N) is 4. The highest BCUT2D eigenvalue weighted by Gasteiger charge is 2.55. The minimum atomic E-state index is -1.22. The minimum absolute atomic E-state index is 0.0426. The number of carbonyl (C=O) groups is 3. The van der Waals surface area contributed by atoms with Gasteiger partial charge >= 0.3 is 6.09 Å². The molecule has 4 fully saturated rings. The van der Waals surface area contributed by atoms with Crippen molar-refractivity contribution >= 4 is 17.9 Å². The second-order valence-corrected chi connectivity index (χ2v) is 15.0. The van der Waals surface area contributed by atoms with Crippen LogP contribution in [0, 0.1) is 17.3 Å². The maximum atomic E-state index is 14.1. The molecule has 6 rings (SSSR count). The molecule has 4 aliphatic rings. The Labute approximate surface area is 283 Å². The molecule has 3 amide bonds. The number of piperidine rings is 1. The summed E-state index contributed by atoms with van der Waals surface area (Å²) in [6.07, 6.45) is 12.7. The molecule has 0 bridgehead atoms. The molecular formula is C38H52N4O6. The van der Waals surface area contributed by atoms with Crippen LogP contribution in [-0.4, -0.2) is 92.3 Å². The van der Waals surface area contributed by atoms with Crippen molar-refractivity contribution < 1.29 is 24.6 Å². The first kappa shape index (κ1) is 34.2. The van der Waals surface area contributed by atoms with Crippen molar-refractivity contribution in [3.05, 3.63) is 58.5 Å². The summed E-state index contributed by atoms with van der Waals surface area (Å²) >= 11 is 0. The second kappa shape index (κ2) is 14.4. The van der Waals surface area contributed by atoms with Gasteiger partial charge in [-0.2, -0.15) is 0 Å². The molecule has 260 valence electrons. The Hall–Kier alpha value is -3.66. The molecule has 0 radical (unpaired) electrons. The monoisotopic (exact) mass is 660 g/mol. The molecule has 2 aromatic rings. The van der Waals surface area contributed by atoms with Crippen molar-refractivity contribution in [3.8, 4) is 11.1 Å². The number of benzene rings is 1. The summed E-state index contributed by atoms with van der Waals surface area (Å²) in [5, 5.41) is 22.0. The average molecular weight is 661 g/mol. The molecule has 2 aliphatic heterocycles. The molecule has 2 saturated heterocycles. The summed E-state index contributed by atoms with van der Waals surface area (Å²) < 4.78 is 1.51. The van der Waals surface area contributed by atoms with Crippen LogP contribution >= 0.6 is 0 Å². The normalized spacial score (nSPS) is 24.0. The van der Waals surface area contributed by atoms with Crippen LogP contribution in [0.25, 0.3) is 11.1 Å². The van der Waals surface area contributed by atoms with Gasteiger partial charge in [0.2, 0.25) is 5.91 Å². The van der Waals surface area contributed by atoms with Crippen LogP contribution in [0.5, 0.6) is 0 Å². The zero-order valence-electron chi connectivity index (χ0n) is 28.4. The topological polar surface area (TPSA) is 123 Å². The van der Waals surface area contributed by atoms with Crippen LogP contribution in [0.2, 0.25) is 0 Å². The molecule has 10 nitrogen and oxygen atoms in total. The van der Waals surface area contributed by atoms with Gasteiger partial charge in [0.25, 0.3) is 11.5 Å². The van der Waals surface area contributed by atoms with Gasteiger partial charge in [-0.3, -0.25) is 14.4 Å². The Balaban J connectivity index is 1.27. The standard InChI is InChI=1S/C38H52N4O6/c1-28(23-29-11-5-2-6-12-29)34(44)41-18-17-38(48,37(26-41)15-9-4-10-16-37)27-42-25-32(31(24-33(42)43)30-13-7-3-8-14-30)35(45)39-19-21-40(22-20-39)36(46)47/h3,7-8,13-14,24-25,28-29,48H,2,4-6,9-12,15-23,26-27H2,1H3,(H,46,47). The van der Waals surface area contributed by atoms with Crippen LogP contribution in [0.1, 0.15) is 94.3 Å². The number of hydrogen-bond acceptors (Lipinski definition) is 5. The molecule has 2 aliphatic carbocycles. The van der Waals surface area contributed by atoms with E-state index < -0.39 is 17.1 Å². The molecule has 10 heteroatoms. The fourth-order valence-corrected chi connectivity index (χ4v) is 9.08. The van der Waals surface area contributed by atoms with Gasteiger partial charge in [0, 0.05) is 68.4 Å². The predicted molar refractivity (Wildman–Crippen MR) is 184 cm³/mol. The zero-order valence-corrected chi connectivity index (χ0v) is 28.4. The number of likely N-dealkylation sites (tertiary alicyclic amines) is 1. The lowest BCUT2D eigenvalue weighted by Crippen LogP contribution is -2.64. The quantitative estimate of drug-likeness (QED) is 0.406. The lowest BCUT2D eigenvalue weighted by molar-refractivity contribution is -0.173. The summed E-state index contributed by atoms with van der Waals surface area (Å²) in [6, 6.07) is 10.8. The molecule has 1 spiro atoms. The maximum absolute atomic E-state index is 14.1. The van der Waals surface area contributed by atoms with Crippen LogP contribution in [0.3, 0.4) is 0 Å². The fraction of sp³-hybridized carbons (Fsp3) is 0.632. The number of rotatable bonds is 7. The summed E-state index contributed by atoms with van der Waals surface area (Å²) in [4.78, 5) is 58.1.